The van der Waals surface area contributed by atoms with Crippen molar-refractivity contribution in [2.24, 2.45) is 0 Å². The summed E-state index contributed by atoms with van der Waals surface area (Å²) >= 11 is 0. The maximum Gasteiger partial charge on any atom is 0.334 e. The lowest BCUT2D eigenvalue weighted by atomic mass is 10.1. The Balaban J connectivity index is 2.30. The zero-order valence-corrected chi connectivity index (χ0v) is 16.1. The summed E-state index contributed by atoms with van der Waals surface area (Å²) in [5.41, 5.74) is 0. The molecule has 2 N–H and O–H groups in total. The van der Waals surface area contributed by atoms with E-state index < -0.39 is 17.8 Å². The van der Waals surface area contributed by atoms with Crippen LogP contribution in [0.5, 0.6) is 0 Å². The third kappa shape index (κ3) is 8.16. The van der Waals surface area contributed by atoms with Crippen LogP contribution in [0.2, 0.25) is 0 Å². The average molecular weight is 388 g/mol. The summed E-state index contributed by atoms with van der Waals surface area (Å²) < 4.78 is 0. The molecule has 1 atom stereocenters. The first-order chi connectivity index (χ1) is 12.7. The maximum atomic E-state index is 12.3. The van der Waals surface area contributed by atoms with Crippen molar-refractivity contribution < 1.29 is 28.8 Å². The average Bonchev–Trinajstić information content (AvgIpc) is 2.89. The summed E-state index contributed by atoms with van der Waals surface area (Å²) in [5.74, 6) is -2.13. The molecular formula is C17H28N4O6. The lowest BCUT2D eigenvalue weighted by Gasteiger charge is -2.23. The number of unbranched alkanes of at least 4 members (excludes halogenated alkanes) is 1. The highest BCUT2D eigenvalue weighted by atomic mass is 16.7. The van der Waals surface area contributed by atoms with E-state index in [1.165, 1.54) is 6.92 Å². The fourth-order valence-corrected chi connectivity index (χ4v) is 2.56. The van der Waals surface area contributed by atoms with E-state index in [-0.39, 0.29) is 43.7 Å². The van der Waals surface area contributed by atoms with Gasteiger partial charge in [-0.2, -0.15) is 0 Å². The third-order valence-electron chi connectivity index (χ3n) is 4.03. The molecule has 27 heavy (non-hydrogen) atoms. The van der Waals surface area contributed by atoms with Crippen molar-refractivity contribution >= 4 is 29.6 Å². The molecule has 152 valence electrons. The van der Waals surface area contributed by atoms with Gasteiger partial charge in [0, 0.05) is 32.9 Å². The fourth-order valence-electron chi connectivity index (χ4n) is 2.56. The number of likely N-dealkylation sites (N-methyl/N-ethyl adjacent to an activating group) is 1. The maximum absolute atomic E-state index is 12.3. The molecule has 0 aliphatic carbocycles. The van der Waals surface area contributed by atoms with Crippen LogP contribution in [-0.2, 0) is 28.8 Å². The quantitative estimate of drug-likeness (QED) is 0.208. The summed E-state index contributed by atoms with van der Waals surface area (Å²) in [5, 5.41) is 5.85. The molecule has 1 aliphatic heterocycles. The number of carbonyl (C=O) groups is 5. The van der Waals surface area contributed by atoms with Crippen LogP contribution in [0.1, 0.15) is 45.4 Å². The minimum absolute atomic E-state index is 0.0370. The SMILES string of the molecule is CC(=O)N[13CH2]CCCC(C(=O)[15NH][13CH2]CC(=O)ON1C(=O)CCC1=O)[15N](C)C. The lowest BCUT2D eigenvalue weighted by molar-refractivity contribution is -0.197. The smallest absolute Gasteiger partial charge is 0.334 e. The first-order valence-electron chi connectivity index (χ1n) is 8.97. The topological polar surface area (TPSA) is 125 Å². The van der Waals surface area contributed by atoms with Gasteiger partial charge in [0.05, 0.1) is 12.5 Å². The number of hydrogen-bond donors (Lipinski definition) is 2. The molecule has 0 aromatic heterocycles. The van der Waals surface area contributed by atoms with E-state index >= 15 is 0 Å². The van der Waals surface area contributed by atoms with Crippen LogP contribution in [-0.4, -0.2) is 72.8 Å². The van der Waals surface area contributed by atoms with Gasteiger partial charge < -0.3 is 15.5 Å². The van der Waals surface area contributed by atoms with Gasteiger partial charge >= 0.3 is 5.97 Å². The van der Waals surface area contributed by atoms with Crippen LogP contribution in [0.15, 0.2) is 0 Å². The molecule has 0 spiro atoms. The zero-order valence-electron chi connectivity index (χ0n) is 16.1. The van der Waals surface area contributed by atoms with Crippen LogP contribution >= 0.6 is 0 Å². The molecule has 0 aromatic carbocycles. The molecule has 1 unspecified atom stereocenters. The number of nitrogens with zero attached hydrogens (tertiary/aromatic N) is 2. The molecule has 0 radical (unpaired) electrons. The van der Waals surface area contributed by atoms with Crippen molar-refractivity contribution in [2.45, 2.75) is 51.5 Å². The summed E-state index contributed by atoms with van der Waals surface area (Å²) in [7, 11) is 3.58. The molecule has 1 rings (SSSR count). The van der Waals surface area contributed by atoms with Gasteiger partial charge in [0.1, 0.15) is 0 Å². The minimum atomic E-state index is -0.754. The molecule has 1 fully saturated rings. The van der Waals surface area contributed by atoms with Crippen LogP contribution in [0, 0.1) is 0 Å². The molecule has 0 aromatic rings. The van der Waals surface area contributed by atoms with Gasteiger partial charge in [-0.1, -0.05) is 0 Å². The first-order valence-corrected chi connectivity index (χ1v) is 8.97. The normalized spacial score (nSPS) is 15.0. The highest BCUT2D eigenvalue weighted by molar-refractivity contribution is 6.01. The Morgan fingerprint density at radius 3 is 2.26 bits per heavy atom. The molecule has 1 aliphatic rings. The predicted molar refractivity (Wildman–Crippen MR) is 94.8 cm³/mol. The Morgan fingerprint density at radius 2 is 1.70 bits per heavy atom. The van der Waals surface area contributed by atoms with Crippen LogP contribution < -0.4 is 10.6 Å². The van der Waals surface area contributed by atoms with Gasteiger partial charge in [0.25, 0.3) is 11.8 Å². The monoisotopic (exact) mass is 388 g/mol. The number of nitrogens with one attached hydrogen (secondary N) is 2. The highest BCUT2D eigenvalue weighted by Gasteiger charge is 2.32. The molecule has 0 bridgehead atoms. The molecule has 4 amide bonds. The number of rotatable bonds is 11. The van der Waals surface area contributed by atoms with Crippen molar-refractivity contribution in [1.29, 1.82) is 0 Å². The number of carbonyl (C=O) groups excluding carboxylic acids is 5. The van der Waals surface area contributed by atoms with Crippen molar-refractivity contribution in [1.82, 2.24) is 20.6 Å². The number of imide groups is 1. The number of amides is 4. The summed E-state index contributed by atoms with van der Waals surface area (Å²) in [6, 6.07) is -0.361. The highest BCUT2D eigenvalue weighted by Crippen LogP contribution is 2.12. The predicted octanol–water partition coefficient (Wildman–Crippen LogP) is -0.663. The molecule has 10 nitrogen and oxygen atoms in total. The van der Waals surface area contributed by atoms with E-state index in [4.69, 9.17) is 4.84 Å². The van der Waals surface area contributed by atoms with Crippen LogP contribution in [0.3, 0.4) is 0 Å². The van der Waals surface area contributed by atoms with Crippen molar-refractivity contribution in [2.75, 3.05) is 27.2 Å². The Labute approximate surface area is 158 Å². The molecule has 0 saturated carbocycles. The Morgan fingerprint density at radius 1 is 1.07 bits per heavy atom. The van der Waals surface area contributed by atoms with Crippen LogP contribution in [0.25, 0.3) is 0 Å². The van der Waals surface area contributed by atoms with Gasteiger partial charge in [-0.3, -0.25) is 24.1 Å². The lowest BCUT2D eigenvalue weighted by Crippen LogP contribution is -2.44. The van der Waals surface area contributed by atoms with E-state index in [0.717, 1.165) is 12.8 Å². The molecule has 1 saturated heterocycles. The molecule has 1 heterocycles. The Hall–Kier alpha value is -2.49. The van der Waals surface area contributed by atoms with Gasteiger partial charge in [-0.05, 0) is 33.4 Å². The van der Waals surface area contributed by atoms with E-state index in [2.05, 4.69) is 10.6 Å². The summed E-state index contributed by atoms with van der Waals surface area (Å²) in [6.07, 6.45) is 2.06. The number of hydrogen-bond acceptors (Lipinski definition) is 7. The minimum Gasteiger partial charge on any atom is -0.356 e. The van der Waals surface area contributed by atoms with Gasteiger partial charge in [-0.15, -0.1) is 5.06 Å². The van der Waals surface area contributed by atoms with Gasteiger partial charge in [0.2, 0.25) is 11.8 Å². The van der Waals surface area contributed by atoms with Gasteiger partial charge in [0.15, 0.2) is 0 Å². The van der Waals surface area contributed by atoms with Crippen molar-refractivity contribution in [3.05, 3.63) is 0 Å². The largest absolute Gasteiger partial charge is 0.356 e. The van der Waals surface area contributed by atoms with E-state index in [9.17, 15) is 24.0 Å². The fraction of sp³-hybridized carbons (Fsp3) is 0.706. The van der Waals surface area contributed by atoms with E-state index in [1.54, 1.807) is 19.0 Å². The Kier molecular flexibility index (Phi) is 9.41. The standard InChI is InChI=1S/C17H28N4O6/c1-12(22)18-10-5-4-6-13(20(2)3)17(26)19-11-9-16(25)27-21-14(23)7-8-15(21)24/h13H,4-11H2,1-3H3,(H,18,22)(H,19,26)/i10+1,11+1,19+1,20+1. The summed E-state index contributed by atoms with van der Waals surface area (Å²) in [4.78, 5) is 64.1. The van der Waals surface area contributed by atoms with Gasteiger partial charge in [-0.25, -0.2) is 4.79 Å². The van der Waals surface area contributed by atoms with Crippen LogP contribution in [0.4, 0.5) is 0 Å². The second-order valence-electron chi connectivity index (χ2n) is 6.54. The van der Waals surface area contributed by atoms with Crippen molar-refractivity contribution in [3.63, 3.8) is 0 Å². The third-order valence-corrected chi connectivity index (χ3v) is 4.03. The summed E-state index contributed by atoms with van der Waals surface area (Å²) in [6.45, 7) is 2.07. The second-order valence-corrected chi connectivity index (χ2v) is 6.54. The Bertz CT molecular complexity index is 562. The number of hydroxylamine groups is 2. The van der Waals surface area contributed by atoms with E-state index in [1.807, 2.05) is 0 Å². The second kappa shape index (κ2) is 11.3. The first kappa shape index (κ1) is 22.6. The molecular weight excluding hydrogens is 360 g/mol. The van der Waals surface area contributed by atoms with E-state index in [0.29, 0.717) is 18.0 Å². The molecule has 10 heteroatoms. The zero-order chi connectivity index (χ0) is 20.4. The van der Waals surface area contributed by atoms with Crippen molar-refractivity contribution in [3.8, 4) is 0 Å².